The average Bonchev–Trinajstić information content (AvgIpc) is 2.91. The van der Waals surface area contributed by atoms with E-state index >= 15 is 0 Å². The molecule has 0 aliphatic carbocycles. The van der Waals surface area contributed by atoms with Crippen LogP contribution in [0.15, 0.2) is 69.0 Å². The number of hydrogen-bond acceptors (Lipinski definition) is 5. The van der Waals surface area contributed by atoms with Gasteiger partial charge in [-0.25, -0.2) is 5.01 Å². The molecule has 0 amide bonds. The molecular formula is C19H20N4O2S. The number of rotatable bonds is 4. The maximum absolute atomic E-state index is 12.1. The van der Waals surface area contributed by atoms with E-state index in [2.05, 4.69) is 9.50 Å². The van der Waals surface area contributed by atoms with Crippen molar-refractivity contribution in [1.82, 2.24) is 5.01 Å². The summed E-state index contributed by atoms with van der Waals surface area (Å²) in [6, 6.07) is 14.9. The number of benzene rings is 2. The van der Waals surface area contributed by atoms with Crippen LogP contribution in [0.2, 0.25) is 0 Å². The summed E-state index contributed by atoms with van der Waals surface area (Å²) >= 11 is 0. The molecule has 7 heteroatoms. The van der Waals surface area contributed by atoms with Crippen molar-refractivity contribution in [1.29, 1.82) is 0 Å². The van der Waals surface area contributed by atoms with Gasteiger partial charge >= 0.3 is 0 Å². The number of amidine groups is 1. The highest BCUT2D eigenvalue weighted by Crippen LogP contribution is 2.26. The molecule has 0 aromatic heterocycles. The first-order valence-electron chi connectivity index (χ1n) is 8.04. The third kappa shape index (κ3) is 3.67. The number of fused-ring (bicyclic) bond motifs is 1. The van der Waals surface area contributed by atoms with Gasteiger partial charge in [-0.1, -0.05) is 30.3 Å². The second-order valence-electron chi connectivity index (χ2n) is 6.02. The first-order chi connectivity index (χ1) is 12.4. The van der Waals surface area contributed by atoms with Crippen LogP contribution >= 0.6 is 0 Å². The molecule has 0 bridgehead atoms. The van der Waals surface area contributed by atoms with Gasteiger partial charge in [-0.2, -0.15) is 13.5 Å². The third-order valence-electron chi connectivity index (χ3n) is 3.94. The van der Waals surface area contributed by atoms with E-state index in [1.54, 1.807) is 43.6 Å². The number of hydrazone groups is 1. The highest BCUT2D eigenvalue weighted by Gasteiger charge is 2.30. The lowest BCUT2D eigenvalue weighted by Gasteiger charge is -2.12. The van der Waals surface area contributed by atoms with E-state index in [4.69, 9.17) is 0 Å². The SMILES string of the molecule is CN(/N=C/C=C/c1ccc(N(C)C)cc1)C1=NS(=O)(=O)c2ccccc21. The molecule has 3 rings (SSSR count). The summed E-state index contributed by atoms with van der Waals surface area (Å²) in [6.07, 6.45) is 5.34. The van der Waals surface area contributed by atoms with Gasteiger partial charge in [0.15, 0.2) is 5.84 Å². The predicted octanol–water partition coefficient (Wildman–Crippen LogP) is 2.83. The van der Waals surface area contributed by atoms with Gasteiger partial charge in [-0.3, -0.25) is 0 Å². The second-order valence-corrected chi connectivity index (χ2v) is 7.59. The largest absolute Gasteiger partial charge is 0.378 e. The number of anilines is 1. The zero-order valence-electron chi connectivity index (χ0n) is 14.9. The fraction of sp³-hybridized carbons (Fsp3) is 0.158. The Bertz CT molecular complexity index is 990. The van der Waals surface area contributed by atoms with Crippen LogP contribution in [0.5, 0.6) is 0 Å². The summed E-state index contributed by atoms with van der Waals surface area (Å²) in [7, 11) is 2.03. The summed E-state index contributed by atoms with van der Waals surface area (Å²) in [6.45, 7) is 0. The fourth-order valence-corrected chi connectivity index (χ4v) is 3.78. The molecule has 2 aromatic rings. The Hall–Kier alpha value is -2.93. The van der Waals surface area contributed by atoms with Crippen LogP contribution in [-0.4, -0.2) is 46.6 Å². The maximum atomic E-state index is 12.1. The topological polar surface area (TPSA) is 65.3 Å². The van der Waals surface area contributed by atoms with Crippen molar-refractivity contribution in [3.63, 3.8) is 0 Å². The summed E-state index contributed by atoms with van der Waals surface area (Å²) < 4.78 is 28.0. The molecule has 0 atom stereocenters. The predicted molar refractivity (Wildman–Crippen MR) is 106 cm³/mol. The van der Waals surface area contributed by atoms with Crippen LogP contribution in [0.1, 0.15) is 11.1 Å². The first kappa shape index (κ1) is 17.9. The van der Waals surface area contributed by atoms with E-state index in [1.807, 2.05) is 49.3 Å². The standard InChI is InChI=1S/C19H20N4O2S/c1-22(2)16-12-10-15(11-13-16)7-6-14-20-23(3)19-17-8-4-5-9-18(17)26(24,25)21-19/h4-14H,1-3H3/b7-6+,20-14+. The van der Waals surface area contributed by atoms with E-state index in [0.29, 0.717) is 11.4 Å². The molecule has 1 aliphatic rings. The van der Waals surface area contributed by atoms with Crippen LogP contribution < -0.4 is 4.90 Å². The first-order valence-corrected chi connectivity index (χ1v) is 9.48. The summed E-state index contributed by atoms with van der Waals surface area (Å²) in [5.74, 6) is 0.320. The molecule has 6 nitrogen and oxygen atoms in total. The summed E-state index contributed by atoms with van der Waals surface area (Å²) in [5.41, 5.74) is 2.75. The highest BCUT2D eigenvalue weighted by atomic mass is 32.2. The van der Waals surface area contributed by atoms with E-state index in [-0.39, 0.29) is 4.90 Å². The molecule has 0 saturated carbocycles. The van der Waals surface area contributed by atoms with Crippen molar-refractivity contribution < 1.29 is 8.42 Å². The Morgan fingerprint density at radius 1 is 1.00 bits per heavy atom. The van der Waals surface area contributed by atoms with Gasteiger partial charge in [-0.05, 0) is 35.9 Å². The van der Waals surface area contributed by atoms with Crippen LogP contribution in [0, 0.1) is 0 Å². The quantitative estimate of drug-likeness (QED) is 0.615. The maximum Gasteiger partial charge on any atom is 0.285 e. The number of allylic oxidation sites excluding steroid dienone is 1. The van der Waals surface area contributed by atoms with Gasteiger partial charge in [0, 0.05) is 38.6 Å². The minimum Gasteiger partial charge on any atom is -0.378 e. The van der Waals surface area contributed by atoms with E-state index in [1.165, 1.54) is 5.01 Å². The minimum absolute atomic E-state index is 0.216. The molecule has 134 valence electrons. The summed E-state index contributed by atoms with van der Waals surface area (Å²) in [4.78, 5) is 2.26. The van der Waals surface area contributed by atoms with Crippen molar-refractivity contribution in [3.8, 4) is 0 Å². The van der Waals surface area contributed by atoms with Crippen molar-refractivity contribution in [3.05, 3.63) is 65.7 Å². The van der Waals surface area contributed by atoms with Gasteiger partial charge < -0.3 is 4.90 Å². The monoisotopic (exact) mass is 368 g/mol. The lowest BCUT2D eigenvalue weighted by atomic mass is 10.2. The van der Waals surface area contributed by atoms with Crippen LogP contribution in [0.3, 0.4) is 0 Å². The molecule has 26 heavy (non-hydrogen) atoms. The van der Waals surface area contributed by atoms with Crippen molar-refractivity contribution >= 4 is 33.8 Å². The smallest absolute Gasteiger partial charge is 0.285 e. The molecular weight excluding hydrogens is 348 g/mol. The van der Waals surface area contributed by atoms with Gasteiger partial charge in [0.25, 0.3) is 10.0 Å². The molecule has 0 fully saturated rings. The average molecular weight is 368 g/mol. The Balaban J connectivity index is 1.71. The molecule has 1 aliphatic heterocycles. The van der Waals surface area contributed by atoms with E-state index in [9.17, 15) is 8.42 Å². The molecule has 0 spiro atoms. The van der Waals surface area contributed by atoms with Crippen molar-refractivity contribution in [2.45, 2.75) is 4.90 Å². The Morgan fingerprint density at radius 3 is 2.38 bits per heavy atom. The molecule has 0 saturated heterocycles. The third-order valence-corrected chi connectivity index (χ3v) is 5.27. The van der Waals surface area contributed by atoms with E-state index < -0.39 is 10.0 Å². The highest BCUT2D eigenvalue weighted by molar-refractivity contribution is 7.90. The summed E-state index contributed by atoms with van der Waals surface area (Å²) in [5, 5.41) is 5.71. The normalized spacial score (nSPS) is 15.3. The molecule has 2 aromatic carbocycles. The lowest BCUT2D eigenvalue weighted by molar-refractivity contribution is 0.549. The molecule has 1 heterocycles. The van der Waals surface area contributed by atoms with Crippen LogP contribution in [0.25, 0.3) is 6.08 Å². The van der Waals surface area contributed by atoms with Gasteiger partial charge in [0.05, 0.1) is 0 Å². The van der Waals surface area contributed by atoms with Crippen LogP contribution in [0.4, 0.5) is 5.69 Å². The zero-order valence-corrected chi connectivity index (χ0v) is 15.7. The number of hydrogen-bond donors (Lipinski definition) is 0. The molecule has 0 N–H and O–H groups in total. The van der Waals surface area contributed by atoms with Crippen molar-refractivity contribution in [2.75, 3.05) is 26.0 Å². The molecule has 0 unspecified atom stereocenters. The Morgan fingerprint density at radius 2 is 1.69 bits per heavy atom. The molecule has 0 radical (unpaired) electrons. The number of nitrogens with zero attached hydrogens (tertiary/aromatic N) is 4. The Labute approximate surface area is 153 Å². The van der Waals surface area contributed by atoms with E-state index in [0.717, 1.165) is 11.3 Å². The number of sulfonamides is 1. The minimum atomic E-state index is -3.63. The fourth-order valence-electron chi connectivity index (χ4n) is 2.55. The Kier molecular flexibility index (Phi) is 4.90. The zero-order chi connectivity index (χ0) is 18.7. The van der Waals surface area contributed by atoms with Gasteiger partial charge in [-0.15, -0.1) is 4.40 Å². The lowest BCUT2D eigenvalue weighted by Crippen LogP contribution is -2.20. The van der Waals surface area contributed by atoms with Crippen LogP contribution in [-0.2, 0) is 10.0 Å². The van der Waals surface area contributed by atoms with Gasteiger partial charge in [0.2, 0.25) is 0 Å². The second kappa shape index (κ2) is 7.13. The van der Waals surface area contributed by atoms with Crippen molar-refractivity contribution in [2.24, 2.45) is 9.50 Å². The van der Waals surface area contributed by atoms with Gasteiger partial charge in [0.1, 0.15) is 4.90 Å².